The van der Waals surface area contributed by atoms with Crippen molar-refractivity contribution in [1.82, 2.24) is 20.2 Å². The molecule has 0 saturated heterocycles. The Bertz CT molecular complexity index is 904. The lowest BCUT2D eigenvalue weighted by Crippen LogP contribution is -2.15. The van der Waals surface area contributed by atoms with E-state index in [2.05, 4.69) is 25.5 Å². The van der Waals surface area contributed by atoms with Crippen molar-refractivity contribution < 1.29 is 9.53 Å². The number of aromatic amines is 1. The van der Waals surface area contributed by atoms with Crippen molar-refractivity contribution in [2.45, 2.75) is 25.9 Å². The average Bonchev–Trinajstić information content (AvgIpc) is 3.09. The summed E-state index contributed by atoms with van der Waals surface area (Å²) >= 11 is 1.26. The van der Waals surface area contributed by atoms with Gasteiger partial charge >= 0.3 is 0 Å². The van der Waals surface area contributed by atoms with Crippen LogP contribution in [0.1, 0.15) is 18.2 Å². The number of rotatable bonds is 7. The maximum absolute atomic E-state index is 12.1. The van der Waals surface area contributed by atoms with E-state index in [-0.39, 0.29) is 11.7 Å². The van der Waals surface area contributed by atoms with Gasteiger partial charge in [0.2, 0.25) is 11.1 Å². The van der Waals surface area contributed by atoms with Gasteiger partial charge in [0, 0.05) is 11.3 Å². The Hall–Kier alpha value is -2.87. The van der Waals surface area contributed by atoms with Crippen LogP contribution in [0.25, 0.3) is 11.4 Å². The van der Waals surface area contributed by atoms with E-state index in [1.54, 1.807) is 0 Å². The molecule has 1 amide bonds. The van der Waals surface area contributed by atoms with E-state index in [1.807, 2.05) is 57.2 Å². The van der Waals surface area contributed by atoms with Gasteiger partial charge in [-0.15, -0.1) is 5.10 Å². The van der Waals surface area contributed by atoms with Gasteiger partial charge in [0.15, 0.2) is 5.82 Å². The topological polar surface area (TPSA) is 92.8 Å². The van der Waals surface area contributed by atoms with Crippen LogP contribution in [0.5, 0.6) is 5.75 Å². The van der Waals surface area contributed by atoms with E-state index < -0.39 is 0 Å². The summed E-state index contributed by atoms with van der Waals surface area (Å²) in [6.07, 6.45) is 0. The van der Waals surface area contributed by atoms with Crippen LogP contribution in [-0.4, -0.2) is 38.4 Å². The lowest BCUT2D eigenvalue weighted by Gasteiger charge is -2.05. The molecule has 2 heterocycles. The molecule has 0 radical (unpaired) electrons. The summed E-state index contributed by atoms with van der Waals surface area (Å²) in [5, 5.41) is 10.4. The molecule has 0 bridgehead atoms. The zero-order chi connectivity index (χ0) is 19.2. The van der Waals surface area contributed by atoms with E-state index in [4.69, 9.17) is 4.74 Å². The number of hydrogen-bond acceptors (Lipinski definition) is 6. The fourth-order valence-electron chi connectivity index (χ4n) is 2.53. The molecule has 140 valence electrons. The zero-order valence-electron chi connectivity index (χ0n) is 15.4. The number of hydrogen-bond donors (Lipinski definition) is 2. The lowest BCUT2D eigenvalue weighted by molar-refractivity contribution is -0.113. The second-order valence-corrected chi connectivity index (χ2v) is 6.87. The highest BCUT2D eigenvalue weighted by Crippen LogP contribution is 2.22. The maximum atomic E-state index is 12.1. The van der Waals surface area contributed by atoms with Crippen molar-refractivity contribution in [2.24, 2.45) is 0 Å². The quantitative estimate of drug-likeness (QED) is 0.606. The van der Waals surface area contributed by atoms with Crippen molar-refractivity contribution in [2.75, 3.05) is 17.7 Å². The molecular weight excluding hydrogens is 362 g/mol. The normalized spacial score (nSPS) is 10.6. The van der Waals surface area contributed by atoms with E-state index >= 15 is 0 Å². The summed E-state index contributed by atoms with van der Waals surface area (Å²) in [6, 6.07) is 11.4. The fourth-order valence-corrected chi connectivity index (χ4v) is 3.13. The number of carbonyl (C=O) groups is 1. The second kappa shape index (κ2) is 8.68. The number of benzene rings is 1. The minimum Gasteiger partial charge on any atom is -0.494 e. The zero-order valence-corrected chi connectivity index (χ0v) is 16.3. The Labute approximate surface area is 162 Å². The molecule has 2 N–H and O–H groups in total. The van der Waals surface area contributed by atoms with Crippen LogP contribution in [0.3, 0.4) is 0 Å². The number of thioether (sulfide) groups is 1. The Morgan fingerprint density at radius 3 is 2.67 bits per heavy atom. The molecule has 0 aliphatic heterocycles. The molecule has 0 saturated carbocycles. The largest absolute Gasteiger partial charge is 0.494 e. The average molecular weight is 383 g/mol. The number of pyridine rings is 1. The summed E-state index contributed by atoms with van der Waals surface area (Å²) in [7, 11) is 0. The third-order valence-corrected chi connectivity index (χ3v) is 4.45. The standard InChI is InChI=1S/C19H21N5O2S/c1-4-26-15-7-5-14(6-8-15)18-22-19(24-23-18)27-11-17(25)21-16-10-12(2)9-13(3)20-16/h5-10H,4,11H2,1-3H3,(H,20,21,25)(H,22,23,24). The Balaban J connectivity index is 1.56. The minimum atomic E-state index is -0.148. The van der Waals surface area contributed by atoms with E-state index in [0.29, 0.717) is 23.4 Å². The van der Waals surface area contributed by atoms with Crippen LogP contribution in [0.15, 0.2) is 41.6 Å². The summed E-state index contributed by atoms with van der Waals surface area (Å²) in [6.45, 7) is 6.44. The minimum absolute atomic E-state index is 0.148. The van der Waals surface area contributed by atoms with E-state index in [1.165, 1.54) is 11.8 Å². The maximum Gasteiger partial charge on any atom is 0.236 e. The van der Waals surface area contributed by atoms with Crippen molar-refractivity contribution in [3.05, 3.63) is 47.7 Å². The van der Waals surface area contributed by atoms with Crippen molar-refractivity contribution >= 4 is 23.5 Å². The fraction of sp³-hybridized carbons (Fsp3) is 0.263. The van der Waals surface area contributed by atoms with Gasteiger partial charge in [-0.1, -0.05) is 11.8 Å². The second-order valence-electron chi connectivity index (χ2n) is 5.93. The molecule has 0 aliphatic rings. The molecule has 0 unspecified atom stereocenters. The molecule has 0 aliphatic carbocycles. The number of H-pyrrole nitrogens is 1. The first-order valence-corrected chi connectivity index (χ1v) is 9.55. The molecule has 0 fully saturated rings. The van der Waals surface area contributed by atoms with Crippen molar-refractivity contribution in [1.29, 1.82) is 0 Å². The van der Waals surface area contributed by atoms with Crippen LogP contribution >= 0.6 is 11.8 Å². The first-order valence-electron chi connectivity index (χ1n) is 8.57. The number of aromatic nitrogens is 4. The number of ether oxygens (including phenoxy) is 1. The van der Waals surface area contributed by atoms with Gasteiger partial charge in [-0.05, 0) is 62.7 Å². The first kappa shape index (κ1) is 18.9. The number of nitrogens with one attached hydrogen (secondary N) is 2. The van der Waals surface area contributed by atoms with Crippen LogP contribution in [0, 0.1) is 13.8 Å². The van der Waals surface area contributed by atoms with Crippen molar-refractivity contribution in [3.63, 3.8) is 0 Å². The monoisotopic (exact) mass is 383 g/mol. The highest BCUT2D eigenvalue weighted by Gasteiger charge is 2.10. The Morgan fingerprint density at radius 1 is 1.19 bits per heavy atom. The number of nitrogens with zero attached hydrogens (tertiary/aromatic N) is 3. The third kappa shape index (κ3) is 5.30. The molecule has 2 aromatic heterocycles. The van der Waals surface area contributed by atoms with Crippen molar-refractivity contribution in [3.8, 4) is 17.1 Å². The van der Waals surface area contributed by atoms with Gasteiger partial charge in [-0.25, -0.2) is 9.97 Å². The van der Waals surface area contributed by atoms with E-state index in [0.717, 1.165) is 22.6 Å². The first-order chi connectivity index (χ1) is 13.0. The predicted molar refractivity (Wildman–Crippen MR) is 106 cm³/mol. The smallest absolute Gasteiger partial charge is 0.236 e. The molecule has 3 aromatic rings. The van der Waals surface area contributed by atoms with Crippen LogP contribution in [0.2, 0.25) is 0 Å². The highest BCUT2D eigenvalue weighted by molar-refractivity contribution is 7.99. The van der Waals surface area contributed by atoms with Gasteiger partial charge in [0.1, 0.15) is 11.6 Å². The van der Waals surface area contributed by atoms with Crippen LogP contribution < -0.4 is 10.1 Å². The molecule has 27 heavy (non-hydrogen) atoms. The molecule has 0 spiro atoms. The third-order valence-electron chi connectivity index (χ3n) is 3.60. The Kier molecular flexibility index (Phi) is 6.08. The lowest BCUT2D eigenvalue weighted by atomic mass is 10.2. The SMILES string of the molecule is CCOc1ccc(-c2nc(SCC(=O)Nc3cc(C)cc(C)n3)n[nH]2)cc1. The molecule has 1 aromatic carbocycles. The molecule has 8 heteroatoms. The number of carbonyl (C=O) groups excluding carboxylic acids is 1. The van der Waals surface area contributed by atoms with Gasteiger partial charge < -0.3 is 10.1 Å². The number of aryl methyl sites for hydroxylation is 2. The number of amides is 1. The summed E-state index contributed by atoms with van der Waals surface area (Å²) in [4.78, 5) is 20.9. The summed E-state index contributed by atoms with van der Waals surface area (Å²) in [5.41, 5.74) is 2.83. The van der Waals surface area contributed by atoms with Gasteiger partial charge in [0.05, 0.1) is 12.4 Å². The van der Waals surface area contributed by atoms with Gasteiger partial charge in [-0.3, -0.25) is 9.89 Å². The molecule has 3 rings (SSSR count). The number of anilines is 1. The van der Waals surface area contributed by atoms with E-state index in [9.17, 15) is 4.79 Å². The van der Waals surface area contributed by atoms with Gasteiger partial charge in [0.25, 0.3) is 0 Å². The summed E-state index contributed by atoms with van der Waals surface area (Å²) < 4.78 is 5.43. The van der Waals surface area contributed by atoms with Crippen LogP contribution in [0.4, 0.5) is 5.82 Å². The summed E-state index contributed by atoms with van der Waals surface area (Å²) in [5.74, 6) is 2.08. The molecule has 7 nitrogen and oxygen atoms in total. The highest BCUT2D eigenvalue weighted by atomic mass is 32.2. The molecular formula is C19H21N5O2S. The van der Waals surface area contributed by atoms with Gasteiger partial charge in [-0.2, -0.15) is 0 Å². The predicted octanol–water partition coefficient (Wildman–Crippen LogP) is 3.61. The van der Waals surface area contributed by atoms with Crippen LogP contribution in [-0.2, 0) is 4.79 Å². The molecule has 0 atom stereocenters. The Morgan fingerprint density at radius 2 is 1.96 bits per heavy atom.